The van der Waals surface area contributed by atoms with Crippen molar-refractivity contribution in [1.29, 1.82) is 0 Å². The Balaban J connectivity index is 2.48. The van der Waals surface area contributed by atoms with Gasteiger partial charge in [-0.25, -0.2) is 0 Å². The quantitative estimate of drug-likeness (QED) is 0.518. The minimum absolute atomic E-state index is 1.16. The van der Waals surface area contributed by atoms with Crippen molar-refractivity contribution in [1.82, 2.24) is 0 Å². The van der Waals surface area contributed by atoms with Crippen molar-refractivity contribution in [3.8, 4) is 0 Å². The van der Waals surface area contributed by atoms with E-state index >= 15 is 0 Å². The summed E-state index contributed by atoms with van der Waals surface area (Å²) >= 11 is 4.34. The molecular weight excluding hydrogens is 155 g/mol. The van der Waals surface area contributed by atoms with Gasteiger partial charge in [-0.3, -0.25) is 0 Å². The molecule has 0 aromatic rings. The molecule has 1 rings (SSSR count). The molecule has 0 amide bonds. The summed E-state index contributed by atoms with van der Waals surface area (Å²) in [6, 6.07) is 0. The average molecular weight is 166 g/mol. The zero-order valence-corrected chi connectivity index (χ0v) is 6.43. The summed E-state index contributed by atoms with van der Waals surface area (Å²) < 4.78 is 1.21. The Morgan fingerprint density at radius 2 is 2.22 bits per heavy atom. The molecule has 0 saturated heterocycles. The van der Waals surface area contributed by atoms with Crippen LogP contribution in [0.4, 0.5) is 0 Å². The maximum absolute atomic E-state index is 4.34. The molecule has 0 nitrogen and oxygen atoms in total. The van der Waals surface area contributed by atoms with E-state index in [1.165, 1.54) is 23.8 Å². The first-order valence-electron chi connectivity index (χ1n) is 3.38. The second-order valence-corrected chi connectivity index (χ2v) is 2.93. The summed E-state index contributed by atoms with van der Waals surface area (Å²) in [6.07, 6.45) is 11.4. The maximum atomic E-state index is 4.34. The second-order valence-electron chi connectivity index (χ2n) is 2.26. The Hall–Kier alpha value is -0.0135. The van der Waals surface area contributed by atoms with Crippen molar-refractivity contribution < 1.29 is 15.7 Å². The summed E-state index contributed by atoms with van der Waals surface area (Å²) in [5.41, 5.74) is 0. The van der Waals surface area contributed by atoms with Crippen molar-refractivity contribution in [3.05, 3.63) is 22.7 Å². The van der Waals surface area contributed by atoms with Crippen molar-refractivity contribution in [2.45, 2.75) is 25.7 Å². The number of hydrogen-bond donors (Lipinski definition) is 0. The van der Waals surface area contributed by atoms with Gasteiger partial charge < -0.3 is 0 Å². The average Bonchev–Trinajstić information content (AvgIpc) is 1.79. The van der Waals surface area contributed by atoms with Gasteiger partial charge in [0.2, 0.25) is 0 Å². The molecule has 0 saturated carbocycles. The van der Waals surface area contributed by atoms with Crippen LogP contribution in [0, 0.1) is 0 Å². The van der Waals surface area contributed by atoms with Crippen molar-refractivity contribution >= 4 is 0 Å². The Morgan fingerprint density at radius 3 is 3.11 bits per heavy atom. The van der Waals surface area contributed by atoms with E-state index in [2.05, 4.69) is 34.0 Å². The third-order valence-electron chi connectivity index (χ3n) is 1.43. The van der Waals surface area contributed by atoms with Crippen molar-refractivity contribution in [2.75, 3.05) is 0 Å². The van der Waals surface area contributed by atoms with Crippen LogP contribution in [0.15, 0.2) is 22.7 Å². The predicted molar refractivity (Wildman–Crippen MR) is 35.7 cm³/mol. The molecule has 0 spiro atoms. The Bertz CT molecular complexity index is 134. The molecule has 0 fully saturated rings. The van der Waals surface area contributed by atoms with Gasteiger partial charge in [-0.15, -0.1) is 0 Å². The summed E-state index contributed by atoms with van der Waals surface area (Å²) in [7, 11) is 0. The van der Waals surface area contributed by atoms with Gasteiger partial charge in [0.05, 0.1) is 0 Å². The first-order chi connectivity index (χ1) is 4.39. The molecule has 0 heterocycles. The van der Waals surface area contributed by atoms with Gasteiger partial charge in [-0.05, 0) is 0 Å². The van der Waals surface area contributed by atoms with Crippen LogP contribution < -0.4 is 0 Å². The summed E-state index contributed by atoms with van der Waals surface area (Å²) in [5.74, 6) is 0. The zero-order valence-electron chi connectivity index (χ0n) is 5.39. The second kappa shape index (κ2) is 3.91. The standard InChI is InChI=1S/C8H11.Co/c1-2-4-6-8-7-5-3-1;/h1-3H,4,6-8H2;. The third kappa shape index (κ3) is 2.87. The van der Waals surface area contributed by atoms with Crippen LogP contribution >= 0.6 is 0 Å². The van der Waals surface area contributed by atoms with Gasteiger partial charge in [0.25, 0.3) is 0 Å². The van der Waals surface area contributed by atoms with Gasteiger partial charge in [-0.2, -0.15) is 0 Å². The zero-order chi connectivity index (χ0) is 6.53. The van der Waals surface area contributed by atoms with E-state index < -0.39 is 0 Å². The summed E-state index contributed by atoms with van der Waals surface area (Å²) in [4.78, 5) is 0. The fourth-order valence-corrected chi connectivity index (χ4v) is 1.18. The Kier molecular flexibility index (Phi) is 3.08. The first kappa shape index (κ1) is 7.10. The fraction of sp³-hybridized carbons (Fsp3) is 0.500. The van der Waals surface area contributed by atoms with Crippen LogP contribution in [-0.2, 0) is 15.7 Å². The third-order valence-corrected chi connectivity index (χ3v) is 1.86. The molecule has 52 valence electrons. The number of hydrogen-bond acceptors (Lipinski definition) is 0. The number of allylic oxidation sites excluding steroid dienone is 4. The van der Waals surface area contributed by atoms with Gasteiger partial charge in [-0.1, -0.05) is 0 Å². The van der Waals surface area contributed by atoms with Crippen LogP contribution in [0.3, 0.4) is 0 Å². The van der Waals surface area contributed by atoms with E-state index in [0.29, 0.717) is 0 Å². The molecule has 1 heteroatoms. The molecular formula is C8H11Co. The molecule has 9 heavy (non-hydrogen) atoms. The van der Waals surface area contributed by atoms with Crippen LogP contribution in [0.2, 0.25) is 0 Å². The number of rotatable bonds is 0. The van der Waals surface area contributed by atoms with Gasteiger partial charge in [0.1, 0.15) is 0 Å². The molecule has 0 aromatic heterocycles. The van der Waals surface area contributed by atoms with E-state index in [4.69, 9.17) is 0 Å². The van der Waals surface area contributed by atoms with E-state index in [0.717, 1.165) is 6.42 Å². The van der Waals surface area contributed by atoms with Crippen molar-refractivity contribution in [2.24, 2.45) is 0 Å². The van der Waals surface area contributed by atoms with Crippen molar-refractivity contribution in [3.63, 3.8) is 0 Å². The molecule has 0 radical (unpaired) electrons. The van der Waals surface area contributed by atoms with Crippen LogP contribution in [0.5, 0.6) is 0 Å². The van der Waals surface area contributed by atoms with Crippen LogP contribution in [0.25, 0.3) is 0 Å². The van der Waals surface area contributed by atoms with Crippen LogP contribution in [0.1, 0.15) is 25.7 Å². The fourth-order valence-electron chi connectivity index (χ4n) is 0.896. The monoisotopic (exact) mass is 166 g/mol. The molecule has 0 atom stereocenters. The predicted octanol–water partition coefficient (Wildman–Crippen LogP) is 2.55. The van der Waals surface area contributed by atoms with Gasteiger partial charge >= 0.3 is 64.2 Å². The van der Waals surface area contributed by atoms with Crippen LogP contribution in [-0.4, -0.2) is 0 Å². The molecule has 0 aromatic carbocycles. The van der Waals surface area contributed by atoms with E-state index in [-0.39, 0.29) is 0 Å². The molecule has 1 aliphatic carbocycles. The molecule has 0 unspecified atom stereocenters. The Morgan fingerprint density at radius 1 is 1.33 bits per heavy atom. The topological polar surface area (TPSA) is 0 Å². The molecule has 0 N–H and O–H groups in total. The molecule has 1 aliphatic rings. The van der Waals surface area contributed by atoms with E-state index in [1.54, 1.807) is 0 Å². The van der Waals surface area contributed by atoms with E-state index in [1.807, 2.05) is 0 Å². The minimum atomic E-state index is 1.16. The molecule has 0 bridgehead atoms. The summed E-state index contributed by atoms with van der Waals surface area (Å²) in [6.45, 7) is 0. The SMILES string of the molecule is [Co][C]1=CC=CCCCC1. The normalized spacial score (nSPS) is 20.4. The summed E-state index contributed by atoms with van der Waals surface area (Å²) in [5, 5.41) is 0. The molecule has 0 aliphatic heterocycles. The van der Waals surface area contributed by atoms with Gasteiger partial charge in [0, 0.05) is 0 Å². The first-order valence-corrected chi connectivity index (χ1v) is 3.90. The van der Waals surface area contributed by atoms with Gasteiger partial charge in [0.15, 0.2) is 0 Å². The Labute approximate surface area is 64.6 Å². The van der Waals surface area contributed by atoms with E-state index in [9.17, 15) is 0 Å².